The molecular formula is C22H26F3N3O6S. The van der Waals surface area contributed by atoms with E-state index in [1.165, 1.54) is 12.3 Å². The second-order valence-electron chi connectivity index (χ2n) is 7.98. The number of benzene rings is 1. The number of carboxylic acid groups (broad SMARTS) is 2. The minimum Gasteiger partial charge on any atom is -0.478 e. The second kappa shape index (κ2) is 11.4. The summed E-state index contributed by atoms with van der Waals surface area (Å²) in [5.41, 5.74) is 1.73. The predicted octanol–water partition coefficient (Wildman–Crippen LogP) is 4.21. The minimum absolute atomic E-state index is 0.00253. The highest BCUT2D eigenvalue weighted by Gasteiger charge is 2.38. The van der Waals surface area contributed by atoms with Gasteiger partial charge in [-0.15, -0.1) is 0 Å². The van der Waals surface area contributed by atoms with Crippen molar-refractivity contribution >= 4 is 33.5 Å². The third-order valence-corrected chi connectivity index (χ3v) is 6.66. The van der Waals surface area contributed by atoms with Crippen LogP contribution in [0.3, 0.4) is 0 Å². The summed E-state index contributed by atoms with van der Waals surface area (Å²) in [6, 6.07) is 6.41. The lowest BCUT2D eigenvalue weighted by molar-refractivity contribution is -0.192. The number of nitrogens with zero attached hydrogens (tertiary/aromatic N) is 2. The molecule has 1 saturated heterocycles. The molecule has 192 valence electrons. The number of anilines is 2. The number of aliphatic carboxylic acids is 1. The van der Waals surface area contributed by atoms with Crippen molar-refractivity contribution in [3.8, 4) is 0 Å². The van der Waals surface area contributed by atoms with Crippen molar-refractivity contribution in [1.29, 1.82) is 0 Å². The zero-order valence-corrected chi connectivity index (χ0v) is 19.9. The van der Waals surface area contributed by atoms with E-state index in [0.29, 0.717) is 11.4 Å². The molecule has 0 radical (unpaired) electrons. The maximum atomic E-state index is 12.8. The fourth-order valence-electron chi connectivity index (χ4n) is 3.52. The lowest BCUT2D eigenvalue weighted by Gasteiger charge is -2.23. The van der Waals surface area contributed by atoms with Gasteiger partial charge in [0.05, 0.1) is 16.8 Å². The predicted molar refractivity (Wildman–Crippen MR) is 122 cm³/mol. The van der Waals surface area contributed by atoms with E-state index in [0.717, 1.165) is 44.3 Å². The Balaban J connectivity index is 0.000000540. The van der Waals surface area contributed by atoms with Crippen LogP contribution < -0.4 is 9.62 Å². The Morgan fingerprint density at radius 1 is 1.03 bits per heavy atom. The lowest BCUT2D eigenvalue weighted by Crippen LogP contribution is -2.27. The van der Waals surface area contributed by atoms with Crippen LogP contribution in [0, 0.1) is 13.8 Å². The maximum absolute atomic E-state index is 12.8. The van der Waals surface area contributed by atoms with Gasteiger partial charge >= 0.3 is 18.1 Å². The van der Waals surface area contributed by atoms with Gasteiger partial charge in [-0.3, -0.25) is 4.72 Å². The summed E-state index contributed by atoms with van der Waals surface area (Å²) in [5.74, 6) is -3.49. The Kier molecular flexibility index (Phi) is 9.07. The summed E-state index contributed by atoms with van der Waals surface area (Å²) in [5, 5.41) is 16.8. The number of rotatable bonds is 5. The summed E-state index contributed by atoms with van der Waals surface area (Å²) < 4.78 is 59.7. The van der Waals surface area contributed by atoms with Crippen LogP contribution in [-0.2, 0) is 14.8 Å². The fourth-order valence-corrected chi connectivity index (χ4v) is 4.78. The Labute approximate surface area is 200 Å². The molecule has 1 aromatic carbocycles. The molecule has 0 unspecified atom stereocenters. The first kappa shape index (κ1) is 27.9. The van der Waals surface area contributed by atoms with Gasteiger partial charge < -0.3 is 15.1 Å². The molecule has 35 heavy (non-hydrogen) atoms. The summed E-state index contributed by atoms with van der Waals surface area (Å²) in [7, 11) is -3.84. The summed E-state index contributed by atoms with van der Waals surface area (Å²) in [6.07, 6.45) is 0.511. The van der Waals surface area contributed by atoms with E-state index >= 15 is 0 Å². The molecule has 0 spiro atoms. The molecule has 0 aliphatic carbocycles. The monoisotopic (exact) mass is 517 g/mol. The molecule has 0 saturated carbocycles. The molecule has 2 aromatic rings. The van der Waals surface area contributed by atoms with Gasteiger partial charge in [0.25, 0.3) is 10.0 Å². The van der Waals surface area contributed by atoms with E-state index in [2.05, 4.69) is 9.71 Å². The van der Waals surface area contributed by atoms with E-state index < -0.39 is 28.1 Å². The van der Waals surface area contributed by atoms with Crippen LogP contribution in [0.25, 0.3) is 0 Å². The summed E-state index contributed by atoms with van der Waals surface area (Å²) >= 11 is 0. The smallest absolute Gasteiger partial charge is 0.478 e. The Morgan fingerprint density at radius 2 is 1.60 bits per heavy atom. The van der Waals surface area contributed by atoms with Gasteiger partial charge in [-0.05, 0) is 44.4 Å². The van der Waals surface area contributed by atoms with E-state index in [4.69, 9.17) is 9.90 Å². The van der Waals surface area contributed by atoms with Crippen molar-refractivity contribution in [3.63, 3.8) is 0 Å². The second-order valence-corrected chi connectivity index (χ2v) is 9.63. The molecule has 3 rings (SSSR count). The zero-order chi connectivity index (χ0) is 26.4. The minimum atomic E-state index is -5.08. The Bertz CT molecular complexity index is 1180. The standard InChI is InChI=1S/C20H25N3O4S.C2HF3O2/c1-14-7-8-18(15(2)11-14)28(26,27)22-16-12-17(20(24)25)19(21-13-16)23-9-5-3-4-6-10-23;3-2(4,5)1(6)7/h7-8,11-13,22H,3-6,9-10H2,1-2H3,(H,24,25);(H,6,7). The van der Waals surface area contributed by atoms with Gasteiger partial charge in [0.1, 0.15) is 11.4 Å². The topological polar surface area (TPSA) is 137 Å². The van der Waals surface area contributed by atoms with Crippen LogP contribution in [0.5, 0.6) is 0 Å². The van der Waals surface area contributed by atoms with Crippen molar-refractivity contribution in [2.45, 2.75) is 50.6 Å². The number of aromatic carboxylic acids is 1. The van der Waals surface area contributed by atoms with Gasteiger partial charge in [0.2, 0.25) is 0 Å². The molecule has 13 heteroatoms. The van der Waals surface area contributed by atoms with Crippen LogP contribution in [0.4, 0.5) is 24.7 Å². The van der Waals surface area contributed by atoms with Gasteiger partial charge in [0.15, 0.2) is 0 Å². The van der Waals surface area contributed by atoms with Gasteiger partial charge in [0, 0.05) is 13.1 Å². The number of carbonyl (C=O) groups is 2. The van der Waals surface area contributed by atoms with Gasteiger partial charge in [-0.1, -0.05) is 30.5 Å². The van der Waals surface area contributed by atoms with Crippen molar-refractivity contribution in [2.24, 2.45) is 0 Å². The van der Waals surface area contributed by atoms with E-state index in [1.807, 2.05) is 11.8 Å². The first-order valence-electron chi connectivity index (χ1n) is 10.6. The summed E-state index contributed by atoms with van der Waals surface area (Å²) in [6.45, 7) is 5.12. The van der Waals surface area contributed by atoms with Crippen LogP contribution in [0.2, 0.25) is 0 Å². The van der Waals surface area contributed by atoms with Crippen molar-refractivity contribution < 1.29 is 41.4 Å². The highest BCUT2D eigenvalue weighted by Crippen LogP contribution is 2.26. The molecule has 3 N–H and O–H groups in total. The molecular weight excluding hydrogens is 491 g/mol. The average Bonchev–Trinajstić information content (AvgIpc) is 3.02. The van der Waals surface area contributed by atoms with Crippen molar-refractivity contribution in [2.75, 3.05) is 22.7 Å². The molecule has 1 fully saturated rings. The average molecular weight is 518 g/mol. The third kappa shape index (κ3) is 7.84. The first-order chi connectivity index (χ1) is 16.2. The van der Waals surface area contributed by atoms with E-state index in [-0.39, 0.29) is 16.1 Å². The molecule has 9 nitrogen and oxygen atoms in total. The zero-order valence-electron chi connectivity index (χ0n) is 19.1. The number of carboxylic acids is 2. The quantitative estimate of drug-likeness (QED) is 0.537. The number of nitrogens with one attached hydrogen (secondary N) is 1. The van der Waals surface area contributed by atoms with Gasteiger partial charge in [-0.25, -0.2) is 23.0 Å². The van der Waals surface area contributed by atoms with Crippen LogP contribution in [0.15, 0.2) is 35.4 Å². The Morgan fingerprint density at radius 3 is 2.09 bits per heavy atom. The molecule has 2 heterocycles. The normalized spacial score (nSPS) is 14.4. The van der Waals surface area contributed by atoms with Crippen LogP contribution in [-0.4, -0.2) is 54.8 Å². The number of pyridine rings is 1. The molecule has 0 bridgehead atoms. The van der Waals surface area contributed by atoms with Crippen molar-refractivity contribution in [1.82, 2.24) is 4.98 Å². The lowest BCUT2D eigenvalue weighted by atomic mass is 10.2. The number of hydrogen-bond donors (Lipinski definition) is 3. The molecule has 1 aliphatic rings. The SMILES string of the molecule is Cc1ccc(S(=O)(=O)Nc2cnc(N3CCCCCC3)c(C(=O)O)c2)c(C)c1.O=C(O)C(F)(F)F. The van der Waals surface area contributed by atoms with Crippen molar-refractivity contribution in [3.05, 3.63) is 47.2 Å². The number of hydrogen-bond acceptors (Lipinski definition) is 6. The number of alkyl halides is 3. The Hall–Kier alpha value is -3.35. The van der Waals surface area contributed by atoms with E-state index in [9.17, 15) is 31.5 Å². The fraction of sp³-hybridized carbons (Fsp3) is 0.409. The number of aryl methyl sites for hydroxylation is 2. The summed E-state index contributed by atoms with van der Waals surface area (Å²) in [4.78, 5) is 27.1. The maximum Gasteiger partial charge on any atom is 0.490 e. The largest absolute Gasteiger partial charge is 0.490 e. The van der Waals surface area contributed by atoms with Crippen LogP contribution >= 0.6 is 0 Å². The molecule has 1 aliphatic heterocycles. The molecule has 1 aromatic heterocycles. The van der Waals surface area contributed by atoms with Crippen LogP contribution in [0.1, 0.15) is 47.2 Å². The number of halogens is 3. The van der Waals surface area contributed by atoms with E-state index in [1.54, 1.807) is 25.1 Å². The third-order valence-electron chi connectivity index (χ3n) is 5.12. The molecule has 0 atom stereocenters. The van der Waals surface area contributed by atoms with Gasteiger partial charge in [-0.2, -0.15) is 13.2 Å². The molecule has 0 amide bonds. The highest BCUT2D eigenvalue weighted by atomic mass is 32.2. The highest BCUT2D eigenvalue weighted by molar-refractivity contribution is 7.92. The first-order valence-corrected chi connectivity index (χ1v) is 12.1. The number of aromatic nitrogens is 1. The number of sulfonamides is 1.